The maximum absolute atomic E-state index is 12.5. The van der Waals surface area contributed by atoms with Gasteiger partial charge in [0, 0.05) is 11.3 Å². The van der Waals surface area contributed by atoms with Gasteiger partial charge in [0.15, 0.2) is 0 Å². The lowest BCUT2D eigenvalue weighted by atomic mass is 9.99. The molecule has 3 N–H and O–H groups in total. The van der Waals surface area contributed by atoms with Crippen molar-refractivity contribution < 1.29 is 13.6 Å². The number of halogens is 2. The van der Waals surface area contributed by atoms with Crippen LogP contribution < -0.4 is 11.1 Å². The number of hydrogen-bond donors (Lipinski definition) is 2. The zero-order valence-corrected chi connectivity index (χ0v) is 10.5. The van der Waals surface area contributed by atoms with Crippen LogP contribution in [0.2, 0.25) is 0 Å². The number of amides is 1. The van der Waals surface area contributed by atoms with E-state index in [9.17, 15) is 13.6 Å². The third-order valence-corrected chi connectivity index (χ3v) is 2.97. The molecule has 1 amide bonds. The molecule has 0 bridgehead atoms. The highest BCUT2D eigenvalue weighted by Gasteiger charge is 2.19. The number of nitrogens with two attached hydrogens (primary N) is 1. The summed E-state index contributed by atoms with van der Waals surface area (Å²) >= 11 is 0. The Hall–Kier alpha value is -1.49. The second kappa shape index (κ2) is 6.44. The number of nitrogens with one attached hydrogen (secondary N) is 1. The molecule has 2 atom stereocenters. The molecular formula is C13H18F2N2O. The Morgan fingerprint density at radius 1 is 1.44 bits per heavy atom. The number of benzene rings is 1. The van der Waals surface area contributed by atoms with E-state index in [0.29, 0.717) is 5.69 Å². The predicted octanol–water partition coefficient (Wildman–Crippen LogP) is 2.94. The molecule has 0 aliphatic heterocycles. The molecule has 0 saturated carbocycles. The van der Waals surface area contributed by atoms with Crippen LogP contribution in [-0.2, 0) is 4.79 Å². The van der Waals surface area contributed by atoms with Gasteiger partial charge >= 0.3 is 0 Å². The molecule has 0 radical (unpaired) electrons. The highest BCUT2D eigenvalue weighted by molar-refractivity contribution is 5.94. The lowest BCUT2D eigenvalue weighted by Gasteiger charge is -2.17. The molecule has 1 rings (SSSR count). The van der Waals surface area contributed by atoms with Crippen LogP contribution >= 0.6 is 0 Å². The van der Waals surface area contributed by atoms with Gasteiger partial charge in [-0.15, -0.1) is 0 Å². The van der Waals surface area contributed by atoms with Crippen molar-refractivity contribution in [1.29, 1.82) is 0 Å². The Bertz CT molecular complexity index is 410. The van der Waals surface area contributed by atoms with E-state index in [0.717, 1.165) is 6.42 Å². The lowest BCUT2D eigenvalue weighted by molar-refractivity contribution is -0.118. The first-order chi connectivity index (χ1) is 8.45. The van der Waals surface area contributed by atoms with Crippen LogP contribution in [0.15, 0.2) is 24.3 Å². The van der Waals surface area contributed by atoms with Gasteiger partial charge in [0.2, 0.25) is 5.91 Å². The highest BCUT2D eigenvalue weighted by Crippen LogP contribution is 2.21. The number of hydrogen-bond acceptors (Lipinski definition) is 2. The third-order valence-electron chi connectivity index (χ3n) is 2.97. The fraction of sp³-hybridized carbons (Fsp3) is 0.462. The molecule has 0 aliphatic rings. The molecular weight excluding hydrogens is 238 g/mol. The number of alkyl halides is 2. The van der Waals surface area contributed by atoms with E-state index < -0.39 is 12.5 Å². The first kappa shape index (κ1) is 14.6. The zero-order valence-electron chi connectivity index (χ0n) is 10.5. The van der Waals surface area contributed by atoms with Gasteiger partial charge in [0.05, 0.1) is 6.04 Å². The first-order valence-corrected chi connectivity index (χ1v) is 5.90. The minimum absolute atomic E-state index is 0.0447. The Morgan fingerprint density at radius 3 is 2.67 bits per heavy atom. The largest absolute Gasteiger partial charge is 0.325 e. The second-order valence-corrected chi connectivity index (χ2v) is 4.33. The fourth-order valence-electron chi connectivity index (χ4n) is 1.49. The van der Waals surface area contributed by atoms with Crippen LogP contribution in [0, 0.1) is 5.92 Å². The number of rotatable bonds is 5. The second-order valence-electron chi connectivity index (χ2n) is 4.33. The summed E-state index contributed by atoms with van der Waals surface area (Å²) < 4.78 is 25.0. The van der Waals surface area contributed by atoms with Gasteiger partial charge in [-0.25, -0.2) is 8.78 Å². The molecule has 100 valence electrons. The number of carbonyl (C=O) groups excluding carboxylic acids is 1. The normalized spacial score (nSPS) is 14.3. The third kappa shape index (κ3) is 3.77. The minimum Gasteiger partial charge on any atom is -0.325 e. The number of carbonyl (C=O) groups is 1. The molecule has 0 fully saturated rings. The van der Waals surface area contributed by atoms with E-state index in [4.69, 9.17) is 5.73 Å². The Labute approximate surface area is 105 Å². The van der Waals surface area contributed by atoms with Gasteiger partial charge in [0.1, 0.15) is 0 Å². The Morgan fingerprint density at radius 2 is 2.11 bits per heavy atom. The zero-order chi connectivity index (χ0) is 13.7. The van der Waals surface area contributed by atoms with Gasteiger partial charge in [-0.1, -0.05) is 32.4 Å². The fourth-order valence-corrected chi connectivity index (χ4v) is 1.49. The Balaban J connectivity index is 2.73. The molecule has 1 aromatic rings. The maximum Gasteiger partial charge on any atom is 0.263 e. The summed E-state index contributed by atoms with van der Waals surface area (Å²) in [6, 6.07) is 4.98. The molecule has 5 heteroatoms. The molecule has 2 unspecified atom stereocenters. The molecule has 1 aromatic carbocycles. The summed E-state index contributed by atoms with van der Waals surface area (Å²) in [7, 11) is 0. The molecule has 0 aliphatic carbocycles. The van der Waals surface area contributed by atoms with E-state index in [1.807, 2.05) is 13.8 Å². The van der Waals surface area contributed by atoms with Gasteiger partial charge < -0.3 is 11.1 Å². The summed E-state index contributed by atoms with van der Waals surface area (Å²) in [6.45, 7) is 3.81. The van der Waals surface area contributed by atoms with Crippen molar-refractivity contribution in [3.8, 4) is 0 Å². The van der Waals surface area contributed by atoms with Crippen molar-refractivity contribution in [1.82, 2.24) is 0 Å². The van der Waals surface area contributed by atoms with Crippen molar-refractivity contribution in [2.45, 2.75) is 32.7 Å². The quantitative estimate of drug-likeness (QED) is 0.851. The number of anilines is 1. The summed E-state index contributed by atoms with van der Waals surface area (Å²) in [5, 5.41) is 2.55. The molecule has 18 heavy (non-hydrogen) atoms. The molecule has 0 heterocycles. The molecule has 0 saturated heterocycles. The standard InChI is InChI=1S/C13H18F2N2O/c1-3-8(2)11(16)13(18)17-10-6-4-5-9(7-10)12(14)15/h4-8,11-12H,3,16H2,1-2H3,(H,17,18). The summed E-state index contributed by atoms with van der Waals surface area (Å²) in [6.07, 6.45) is -1.77. The van der Waals surface area contributed by atoms with Crippen LogP contribution in [0.4, 0.5) is 14.5 Å². The highest BCUT2D eigenvalue weighted by atomic mass is 19.3. The van der Waals surface area contributed by atoms with Crippen molar-refractivity contribution >= 4 is 11.6 Å². The molecule has 0 aromatic heterocycles. The predicted molar refractivity (Wildman–Crippen MR) is 67.5 cm³/mol. The minimum atomic E-state index is -2.55. The van der Waals surface area contributed by atoms with Crippen LogP contribution in [0.3, 0.4) is 0 Å². The molecule has 0 spiro atoms. The van der Waals surface area contributed by atoms with Crippen LogP contribution in [0.25, 0.3) is 0 Å². The van der Waals surface area contributed by atoms with Crippen molar-refractivity contribution in [3.63, 3.8) is 0 Å². The lowest BCUT2D eigenvalue weighted by Crippen LogP contribution is -2.40. The van der Waals surface area contributed by atoms with E-state index in [1.165, 1.54) is 18.2 Å². The van der Waals surface area contributed by atoms with E-state index >= 15 is 0 Å². The van der Waals surface area contributed by atoms with Crippen LogP contribution in [-0.4, -0.2) is 11.9 Å². The first-order valence-electron chi connectivity index (χ1n) is 5.90. The van der Waals surface area contributed by atoms with Crippen molar-refractivity contribution in [2.75, 3.05) is 5.32 Å². The van der Waals surface area contributed by atoms with Gasteiger partial charge in [-0.3, -0.25) is 4.79 Å². The van der Waals surface area contributed by atoms with E-state index in [1.54, 1.807) is 6.07 Å². The van der Waals surface area contributed by atoms with Crippen molar-refractivity contribution in [2.24, 2.45) is 11.7 Å². The van der Waals surface area contributed by atoms with Crippen LogP contribution in [0.5, 0.6) is 0 Å². The average Bonchev–Trinajstić information content (AvgIpc) is 2.37. The molecule has 3 nitrogen and oxygen atoms in total. The van der Waals surface area contributed by atoms with Crippen molar-refractivity contribution in [3.05, 3.63) is 29.8 Å². The summed E-state index contributed by atoms with van der Waals surface area (Å²) in [5.74, 6) is -0.306. The monoisotopic (exact) mass is 256 g/mol. The van der Waals surface area contributed by atoms with E-state index in [2.05, 4.69) is 5.32 Å². The summed E-state index contributed by atoms with van der Waals surface area (Å²) in [5.41, 5.74) is 5.98. The van der Waals surface area contributed by atoms with Gasteiger partial charge in [0.25, 0.3) is 6.43 Å². The van der Waals surface area contributed by atoms with Crippen LogP contribution in [0.1, 0.15) is 32.3 Å². The maximum atomic E-state index is 12.5. The summed E-state index contributed by atoms with van der Waals surface area (Å²) in [4.78, 5) is 11.8. The van der Waals surface area contributed by atoms with E-state index in [-0.39, 0.29) is 17.4 Å². The topological polar surface area (TPSA) is 55.1 Å². The smallest absolute Gasteiger partial charge is 0.263 e. The average molecular weight is 256 g/mol. The van der Waals surface area contributed by atoms with Gasteiger partial charge in [-0.05, 0) is 18.1 Å². The van der Waals surface area contributed by atoms with Gasteiger partial charge in [-0.2, -0.15) is 0 Å². The SMILES string of the molecule is CCC(C)C(N)C(=O)Nc1cccc(C(F)F)c1. The Kier molecular flexibility index (Phi) is 5.22.